The van der Waals surface area contributed by atoms with Crippen LogP contribution >= 0.6 is 0 Å². The van der Waals surface area contributed by atoms with Gasteiger partial charge in [0.05, 0.1) is 0 Å². The first-order chi connectivity index (χ1) is 10.5. The maximum atomic E-state index is 11.7. The number of carbonyl (C=O) groups is 3. The Labute approximate surface area is 130 Å². The minimum absolute atomic E-state index is 0.0356. The van der Waals surface area contributed by atoms with Crippen LogP contribution in [0.4, 0.5) is 0 Å². The van der Waals surface area contributed by atoms with Crippen LogP contribution in [-0.2, 0) is 20.9 Å². The molecular weight excluding hydrogens is 284 g/mol. The molecule has 0 radical (unpaired) electrons. The molecule has 6 nitrogen and oxygen atoms in total. The molecule has 0 aliphatic carbocycles. The minimum atomic E-state index is -0.875. The van der Waals surface area contributed by atoms with Crippen LogP contribution in [0, 0.1) is 0 Å². The number of nitrogens with zero attached hydrogens (tertiary/aromatic N) is 1. The Morgan fingerprint density at radius 2 is 1.82 bits per heavy atom. The molecule has 2 N–H and O–H groups in total. The number of rotatable bonds is 9. The Hall–Kier alpha value is -2.37. The minimum Gasteiger partial charge on any atom is -0.481 e. The Bertz CT molecular complexity index is 502. The number of carboxylic acids is 1. The van der Waals surface area contributed by atoms with Crippen molar-refractivity contribution in [3.8, 4) is 0 Å². The van der Waals surface area contributed by atoms with Crippen LogP contribution in [-0.4, -0.2) is 40.9 Å². The van der Waals surface area contributed by atoms with Crippen molar-refractivity contribution in [2.75, 3.05) is 13.1 Å². The third-order valence-corrected chi connectivity index (χ3v) is 3.16. The molecule has 0 heterocycles. The van der Waals surface area contributed by atoms with E-state index in [0.29, 0.717) is 26.1 Å². The van der Waals surface area contributed by atoms with Gasteiger partial charge in [0.15, 0.2) is 0 Å². The van der Waals surface area contributed by atoms with Crippen LogP contribution in [0.15, 0.2) is 30.3 Å². The van der Waals surface area contributed by atoms with Gasteiger partial charge in [-0.15, -0.1) is 0 Å². The van der Waals surface area contributed by atoms with Gasteiger partial charge in [0.2, 0.25) is 11.8 Å². The molecule has 0 aromatic heterocycles. The second kappa shape index (κ2) is 9.55. The van der Waals surface area contributed by atoms with Crippen LogP contribution in [0.1, 0.15) is 31.7 Å². The van der Waals surface area contributed by atoms with E-state index in [1.807, 2.05) is 30.3 Å². The molecule has 6 heteroatoms. The average molecular weight is 306 g/mol. The topological polar surface area (TPSA) is 86.7 Å². The largest absolute Gasteiger partial charge is 0.481 e. The first-order valence-corrected chi connectivity index (χ1v) is 7.27. The molecule has 0 saturated heterocycles. The van der Waals surface area contributed by atoms with Crippen molar-refractivity contribution in [2.24, 2.45) is 0 Å². The first kappa shape index (κ1) is 17.7. The van der Waals surface area contributed by atoms with E-state index in [-0.39, 0.29) is 24.7 Å². The molecule has 1 aromatic rings. The van der Waals surface area contributed by atoms with E-state index >= 15 is 0 Å². The van der Waals surface area contributed by atoms with Crippen molar-refractivity contribution in [2.45, 2.75) is 32.7 Å². The number of aliphatic carboxylic acids is 1. The molecule has 1 aromatic carbocycles. The summed E-state index contributed by atoms with van der Waals surface area (Å²) in [4.78, 5) is 35.3. The SMILES string of the molecule is CC(=O)N(CCC(=O)NCCCC(=O)O)Cc1ccccc1. The lowest BCUT2D eigenvalue weighted by molar-refractivity contribution is -0.137. The molecule has 0 fully saturated rings. The third kappa shape index (κ3) is 7.42. The van der Waals surface area contributed by atoms with Gasteiger partial charge in [-0.25, -0.2) is 0 Å². The Morgan fingerprint density at radius 3 is 2.41 bits per heavy atom. The molecule has 120 valence electrons. The zero-order valence-corrected chi connectivity index (χ0v) is 12.7. The van der Waals surface area contributed by atoms with E-state index in [9.17, 15) is 14.4 Å². The number of benzene rings is 1. The Balaban J connectivity index is 2.33. The van der Waals surface area contributed by atoms with Gasteiger partial charge in [-0.1, -0.05) is 30.3 Å². The van der Waals surface area contributed by atoms with E-state index in [4.69, 9.17) is 5.11 Å². The second-order valence-corrected chi connectivity index (χ2v) is 5.02. The monoisotopic (exact) mass is 306 g/mol. The molecule has 0 atom stereocenters. The fourth-order valence-electron chi connectivity index (χ4n) is 1.94. The zero-order valence-electron chi connectivity index (χ0n) is 12.7. The maximum Gasteiger partial charge on any atom is 0.303 e. The summed E-state index contributed by atoms with van der Waals surface area (Å²) in [6, 6.07) is 9.58. The van der Waals surface area contributed by atoms with E-state index in [2.05, 4.69) is 5.32 Å². The highest BCUT2D eigenvalue weighted by Gasteiger charge is 2.11. The lowest BCUT2D eigenvalue weighted by Crippen LogP contribution is -2.33. The second-order valence-electron chi connectivity index (χ2n) is 5.02. The predicted octanol–water partition coefficient (Wildman–Crippen LogP) is 1.41. The van der Waals surface area contributed by atoms with Gasteiger partial charge in [0.25, 0.3) is 0 Å². The summed E-state index contributed by atoms with van der Waals surface area (Å²) in [5.41, 5.74) is 1.01. The molecule has 0 unspecified atom stereocenters. The predicted molar refractivity (Wildman–Crippen MR) is 82.0 cm³/mol. The highest BCUT2D eigenvalue weighted by Crippen LogP contribution is 2.05. The van der Waals surface area contributed by atoms with E-state index in [1.54, 1.807) is 4.90 Å². The van der Waals surface area contributed by atoms with Crippen LogP contribution < -0.4 is 5.32 Å². The fraction of sp³-hybridized carbons (Fsp3) is 0.438. The maximum absolute atomic E-state index is 11.7. The molecule has 1 rings (SSSR count). The molecule has 0 saturated carbocycles. The van der Waals surface area contributed by atoms with Crippen LogP contribution in [0.5, 0.6) is 0 Å². The number of hydrogen-bond acceptors (Lipinski definition) is 3. The summed E-state index contributed by atoms with van der Waals surface area (Å²) in [7, 11) is 0. The lowest BCUT2D eigenvalue weighted by atomic mass is 10.2. The van der Waals surface area contributed by atoms with Crippen molar-refractivity contribution < 1.29 is 19.5 Å². The Kier molecular flexibility index (Phi) is 7.67. The quantitative estimate of drug-likeness (QED) is 0.675. The molecule has 2 amide bonds. The highest BCUT2D eigenvalue weighted by molar-refractivity contribution is 5.78. The van der Waals surface area contributed by atoms with Crippen molar-refractivity contribution >= 4 is 17.8 Å². The van der Waals surface area contributed by atoms with E-state index in [0.717, 1.165) is 5.56 Å². The number of hydrogen-bond donors (Lipinski definition) is 2. The fourth-order valence-corrected chi connectivity index (χ4v) is 1.94. The van der Waals surface area contributed by atoms with Crippen LogP contribution in [0.3, 0.4) is 0 Å². The summed E-state index contributed by atoms with van der Waals surface area (Å²) in [5.74, 6) is -1.13. The number of carboxylic acid groups (broad SMARTS) is 1. The molecule has 22 heavy (non-hydrogen) atoms. The number of nitrogens with one attached hydrogen (secondary N) is 1. The number of carbonyl (C=O) groups excluding carboxylic acids is 2. The zero-order chi connectivity index (χ0) is 16.4. The van der Waals surface area contributed by atoms with Gasteiger partial charge >= 0.3 is 5.97 Å². The summed E-state index contributed by atoms with van der Waals surface area (Å²) in [6.07, 6.45) is 0.648. The third-order valence-electron chi connectivity index (χ3n) is 3.16. The van der Waals surface area contributed by atoms with Gasteiger partial charge in [0.1, 0.15) is 0 Å². The normalized spacial score (nSPS) is 10.0. The Morgan fingerprint density at radius 1 is 1.14 bits per heavy atom. The van der Waals surface area contributed by atoms with Crippen molar-refractivity contribution in [3.63, 3.8) is 0 Å². The highest BCUT2D eigenvalue weighted by atomic mass is 16.4. The summed E-state index contributed by atoms with van der Waals surface area (Å²) >= 11 is 0. The van der Waals surface area contributed by atoms with Crippen LogP contribution in [0.2, 0.25) is 0 Å². The smallest absolute Gasteiger partial charge is 0.303 e. The molecule has 0 spiro atoms. The van der Waals surface area contributed by atoms with E-state index < -0.39 is 5.97 Å². The number of amides is 2. The molecule has 0 aliphatic heterocycles. The lowest BCUT2D eigenvalue weighted by Gasteiger charge is -2.21. The van der Waals surface area contributed by atoms with Gasteiger partial charge in [-0.3, -0.25) is 14.4 Å². The first-order valence-electron chi connectivity index (χ1n) is 7.27. The van der Waals surface area contributed by atoms with Crippen molar-refractivity contribution in [1.29, 1.82) is 0 Å². The van der Waals surface area contributed by atoms with Gasteiger partial charge < -0.3 is 15.3 Å². The molecule has 0 aliphatic rings. The summed E-state index contributed by atoms with van der Waals surface area (Å²) in [6.45, 7) is 2.63. The van der Waals surface area contributed by atoms with Crippen molar-refractivity contribution in [1.82, 2.24) is 10.2 Å². The summed E-state index contributed by atoms with van der Waals surface area (Å²) < 4.78 is 0. The summed E-state index contributed by atoms with van der Waals surface area (Å²) in [5, 5.41) is 11.2. The standard InChI is InChI=1S/C16H22N2O4/c1-13(19)18(12-14-6-3-2-4-7-14)11-9-15(20)17-10-5-8-16(21)22/h2-4,6-7H,5,8-12H2,1H3,(H,17,20)(H,21,22). The van der Waals surface area contributed by atoms with Gasteiger partial charge in [0, 0.05) is 39.4 Å². The molecule has 0 bridgehead atoms. The van der Waals surface area contributed by atoms with Gasteiger partial charge in [-0.05, 0) is 12.0 Å². The van der Waals surface area contributed by atoms with Gasteiger partial charge in [-0.2, -0.15) is 0 Å². The van der Waals surface area contributed by atoms with Crippen LogP contribution in [0.25, 0.3) is 0 Å². The average Bonchev–Trinajstić information content (AvgIpc) is 2.48. The molecular formula is C16H22N2O4. The van der Waals surface area contributed by atoms with Crippen molar-refractivity contribution in [3.05, 3.63) is 35.9 Å². The van der Waals surface area contributed by atoms with E-state index in [1.165, 1.54) is 6.92 Å².